The fourth-order valence-electron chi connectivity index (χ4n) is 3.26. The first-order valence-corrected chi connectivity index (χ1v) is 10.9. The van der Waals surface area contributed by atoms with Crippen molar-refractivity contribution < 1.29 is 23.8 Å². The van der Waals surface area contributed by atoms with Gasteiger partial charge in [-0.1, -0.05) is 48.0 Å². The number of pyridine rings is 1. The Morgan fingerprint density at radius 1 is 1.24 bits per heavy atom. The molecule has 0 unspecified atom stereocenters. The molecule has 0 aliphatic heterocycles. The molecule has 1 heterocycles. The summed E-state index contributed by atoms with van der Waals surface area (Å²) < 4.78 is 18.9. The van der Waals surface area contributed by atoms with Crippen LogP contribution in [0.3, 0.4) is 0 Å². The van der Waals surface area contributed by atoms with Crippen LogP contribution in [0.5, 0.6) is 0 Å². The SMILES string of the molecule is [CH2][C@@H](O)C[C@@H](COC(=O)Nc1cc2ccccc2cn1)N(C)C(=O)NCc1cccc(F)c1Cl. The number of aliphatic hydroxyl groups is 1. The monoisotopic (exact) mass is 487 g/mol. The molecule has 0 aliphatic carbocycles. The molecule has 3 N–H and O–H groups in total. The van der Waals surface area contributed by atoms with E-state index in [4.69, 9.17) is 16.3 Å². The van der Waals surface area contributed by atoms with Crippen molar-refractivity contribution in [2.75, 3.05) is 19.0 Å². The van der Waals surface area contributed by atoms with Crippen LogP contribution in [-0.4, -0.2) is 52.9 Å². The first-order valence-electron chi connectivity index (χ1n) is 10.5. The van der Waals surface area contributed by atoms with E-state index in [2.05, 4.69) is 22.5 Å². The lowest BCUT2D eigenvalue weighted by Crippen LogP contribution is -2.47. The Labute approximate surface area is 201 Å². The number of likely N-dealkylation sites (N-methyl/N-ethyl adjacent to an activating group) is 1. The van der Waals surface area contributed by atoms with Gasteiger partial charge in [-0.15, -0.1) is 0 Å². The number of anilines is 1. The molecule has 0 bridgehead atoms. The van der Waals surface area contributed by atoms with E-state index in [0.29, 0.717) is 11.4 Å². The van der Waals surface area contributed by atoms with Crippen molar-refractivity contribution in [2.45, 2.75) is 25.1 Å². The van der Waals surface area contributed by atoms with Crippen molar-refractivity contribution in [3.05, 3.63) is 78.1 Å². The number of aliphatic hydroxyl groups excluding tert-OH is 1. The van der Waals surface area contributed by atoms with Crippen LogP contribution < -0.4 is 10.6 Å². The third-order valence-corrected chi connectivity index (χ3v) is 5.57. The van der Waals surface area contributed by atoms with Crippen LogP contribution in [0.1, 0.15) is 12.0 Å². The van der Waals surface area contributed by atoms with Crippen LogP contribution in [0.15, 0.2) is 54.7 Å². The van der Waals surface area contributed by atoms with Crippen molar-refractivity contribution in [3.63, 3.8) is 0 Å². The zero-order chi connectivity index (χ0) is 24.7. The molecule has 1 radical (unpaired) electrons. The van der Waals surface area contributed by atoms with E-state index in [9.17, 15) is 19.1 Å². The van der Waals surface area contributed by atoms with Crippen LogP contribution in [-0.2, 0) is 11.3 Å². The fraction of sp³-hybridized carbons (Fsp3) is 0.250. The fourth-order valence-corrected chi connectivity index (χ4v) is 3.46. The lowest BCUT2D eigenvalue weighted by Gasteiger charge is -2.29. The molecule has 1 aromatic heterocycles. The second-order valence-corrected chi connectivity index (χ2v) is 8.04. The second-order valence-electron chi connectivity index (χ2n) is 7.67. The minimum Gasteiger partial charge on any atom is -0.447 e. The molecule has 10 heteroatoms. The van der Waals surface area contributed by atoms with Gasteiger partial charge in [0, 0.05) is 25.2 Å². The summed E-state index contributed by atoms with van der Waals surface area (Å²) in [6, 6.07) is 12.4. The molecule has 0 spiro atoms. The molecule has 8 nitrogen and oxygen atoms in total. The quantitative estimate of drug-likeness (QED) is 0.437. The first kappa shape index (κ1) is 25.2. The van der Waals surface area contributed by atoms with Crippen molar-refractivity contribution in [3.8, 4) is 0 Å². The summed E-state index contributed by atoms with van der Waals surface area (Å²) in [6.45, 7) is 3.33. The van der Waals surface area contributed by atoms with Crippen molar-refractivity contribution in [1.82, 2.24) is 15.2 Å². The zero-order valence-electron chi connectivity index (χ0n) is 18.5. The van der Waals surface area contributed by atoms with E-state index < -0.39 is 30.1 Å². The first-order chi connectivity index (χ1) is 16.2. The molecule has 0 fully saturated rings. The van der Waals surface area contributed by atoms with E-state index in [-0.39, 0.29) is 24.6 Å². The Bertz CT molecular complexity index is 1160. The maximum Gasteiger partial charge on any atom is 0.412 e. The third-order valence-electron chi connectivity index (χ3n) is 5.14. The van der Waals surface area contributed by atoms with Gasteiger partial charge < -0.3 is 20.1 Å². The number of nitrogens with one attached hydrogen (secondary N) is 2. The van der Waals surface area contributed by atoms with Gasteiger partial charge in [0.1, 0.15) is 18.2 Å². The number of nitrogens with zero attached hydrogens (tertiary/aromatic N) is 2. The number of aromatic nitrogens is 1. The molecular formula is C24H25ClFN4O4. The molecule has 0 aliphatic rings. The van der Waals surface area contributed by atoms with Crippen molar-refractivity contribution in [2.24, 2.45) is 0 Å². The molecule has 179 valence electrons. The summed E-state index contributed by atoms with van der Waals surface area (Å²) in [5.74, 6) is -0.268. The lowest BCUT2D eigenvalue weighted by molar-refractivity contribution is 0.0913. The summed E-state index contributed by atoms with van der Waals surface area (Å²) >= 11 is 5.92. The Morgan fingerprint density at radius 3 is 2.71 bits per heavy atom. The molecule has 2 atom stereocenters. The molecule has 3 aromatic rings. The number of carbonyl (C=O) groups is 2. The van der Waals surface area contributed by atoms with Gasteiger partial charge >= 0.3 is 12.1 Å². The number of ether oxygens (including phenoxy) is 1. The van der Waals surface area contributed by atoms with E-state index in [1.165, 1.54) is 24.1 Å². The highest BCUT2D eigenvalue weighted by atomic mass is 35.5. The van der Waals surface area contributed by atoms with E-state index in [1.807, 2.05) is 24.3 Å². The molecule has 0 saturated carbocycles. The van der Waals surface area contributed by atoms with Gasteiger partial charge in [0.05, 0.1) is 17.2 Å². The minimum absolute atomic E-state index is 0.00556. The Balaban J connectivity index is 1.57. The predicted molar refractivity (Wildman–Crippen MR) is 128 cm³/mol. The number of amides is 3. The summed E-state index contributed by atoms with van der Waals surface area (Å²) in [7, 11) is 1.49. The minimum atomic E-state index is -0.994. The van der Waals surface area contributed by atoms with Crippen LogP contribution in [0.4, 0.5) is 19.8 Å². The second kappa shape index (κ2) is 11.6. The van der Waals surface area contributed by atoms with Gasteiger partial charge in [-0.05, 0) is 36.4 Å². The molecule has 2 aromatic carbocycles. The highest BCUT2D eigenvalue weighted by Gasteiger charge is 2.24. The molecule has 3 rings (SSSR count). The van der Waals surface area contributed by atoms with Gasteiger partial charge in [0.25, 0.3) is 0 Å². The van der Waals surface area contributed by atoms with Crippen LogP contribution in [0.25, 0.3) is 10.8 Å². The molecular weight excluding hydrogens is 463 g/mol. The average molecular weight is 488 g/mol. The third kappa shape index (κ3) is 6.79. The molecule has 0 saturated heterocycles. The standard InChI is InChI=1S/C24H25ClFN4O4/c1-15(31)10-19(30(2)23(32)28-13-18-8-5-9-20(26)22(18)25)14-34-24(33)29-21-11-16-6-3-4-7-17(16)12-27-21/h3-9,11-12,15,19,31H,1,10,13-14H2,2H3,(H,28,32)(H,27,29,33)/t15-,19+/m1/s1. The number of carbonyl (C=O) groups excluding carboxylic acids is 2. The van der Waals surface area contributed by atoms with Gasteiger partial charge in [-0.3, -0.25) is 5.32 Å². The Hall–Kier alpha value is -3.43. The highest BCUT2D eigenvalue weighted by Crippen LogP contribution is 2.20. The summed E-state index contributed by atoms with van der Waals surface area (Å²) in [5, 5.41) is 16.7. The zero-order valence-corrected chi connectivity index (χ0v) is 19.3. The van der Waals surface area contributed by atoms with Crippen LogP contribution in [0, 0.1) is 12.7 Å². The molecule has 3 amide bonds. The number of hydrogen-bond donors (Lipinski definition) is 3. The maximum atomic E-state index is 13.6. The highest BCUT2D eigenvalue weighted by molar-refractivity contribution is 6.31. The normalized spacial score (nSPS) is 12.6. The average Bonchev–Trinajstić information content (AvgIpc) is 2.81. The largest absolute Gasteiger partial charge is 0.447 e. The lowest BCUT2D eigenvalue weighted by atomic mass is 10.1. The van der Waals surface area contributed by atoms with E-state index >= 15 is 0 Å². The summed E-state index contributed by atoms with van der Waals surface area (Å²) in [5.41, 5.74) is 0.413. The number of halogens is 2. The smallest absolute Gasteiger partial charge is 0.412 e. The van der Waals surface area contributed by atoms with Crippen LogP contribution in [0.2, 0.25) is 5.02 Å². The van der Waals surface area contributed by atoms with Gasteiger partial charge in [-0.2, -0.15) is 0 Å². The van der Waals surface area contributed by atoms with Gasteiger partial charge in [0.15, 0.2) is 0 Å². The number of benzene rings is 2. The van der Waals surface area contributed by atoms with Gasteiger partial charge in [0.2, 0.25) is 0 Å². The van der Waals surface area contributed by atoms with E-state index in [0.717, 1.165) is 10.8 Å². The van der Waals surface area contributed by atoms with Crippen molar-refractivity contribution >= 4 is 40.3 Å². The number of hydrogen-bond acceptors (Lipinski definition) is 5. The van der Waals surface area contributed by atoms with Gasteiger partial charge in [-0.25, -0.2) is 19.0 Å². The van der Waals surface area contributed by atoms with E-state index in [1.54, 1.807) is 18.3 Å². The Kier molecular flexibility index (Phi) is 8.61. The number of fused-ring (bicyclic) bond motifs is 1. The molecule has 34 heavy (non-hydrogen) atoms. The summed E-state index contributed by atoms with van der Waals surface area (Å²) in [6.07, 6.45) is -0.0551. The maximum absolute atomic E-state index is 13.6. The predicted octanol–water partition coefficient (Wildman–Crippen LogP) is 4.37. The van der Waals surface area contributed by atoms with Crippen LogP contribution >= 0.6 is 11.6 Å². The van der Waals surface area contributed by atoms with Crippen molar-refractivity contribution in [1.29, 1.82) is 0 Å². The summed E-state index contributed by atoms with van der Waals surface area (Å²) in [4.78, 5) is 30.4. The number of urea groups is 1. The topological polar surface area (TPSA) is 104 Å². The number of rotatable bonds is 8. The Morgan fingerprint density at radius 2 is 1.97 bits per heavy atom.